The minimum absolute atomic E-state index is 0.453. The van der Waals surface area contributed by atoms with Gasteiger partial charge in [0.1, 0.15) is 0 Å². The summed E-state index contributed by atoms with van der Waals surface area (Å²) in [6.07, 6.45) is 11.3. The summed E-state index contributed by atoms with van der Waals surface area (Å²) in [6, 6.07) is 0.680. The van der Waals surface area contributed by atoms with Crippen LogP contribution < -0.4 is 5.32 Å². The molecule has 0 aromatic heterocycles. The standard InChI is InChI=1S/C18H34N2O/c1-15(2)11-16-12-20(13-17-7-3-6-10-21-17)18(14-19-16)8-4-5-9-18/h15-17,19H,3-14H2,1-2H3. The van der Waals surface area contributed by atoms with Crippen LogP contribution in [0.2, 0.25) is 0 Å². The first kappa shape index (κ1) is 15.8. The molecule has 1 N–H and O–H groups in total. The lowest BCUT2D eigenvalue weighted by molar-refractivity contribution is -0.0460. The molecule has 2 heterocycles. The lowest BCUT2D eigenvalue weighted by Crippen LogP contribution is -2.65. The van der Waals surface area contributed by atoms with E-state index in [1.54, 1.807) is 0 Å². The van der Waals surface area contributed by atoms with Gasteiger partial charge in [0.2, 0.25) is 0 Å². The predicted octanol–water partition coefficient (Wildman–Crippen LogP) is 3.19. The molecule has 0 bridgehead atoms. The van der Waals surface area contributed by atoms with E-state index in [1.807, 2.05) is 0 Å². The van der Waals surface area contributed by atoms with Crippen molar-refractivity contribution in [2.24, 2.45) is 5.92 Å². The molecule has 3 heteroatoms. The first-order valence-electron chi connectivity index (χ1n) is 9.28. The Labute approximate surface area is 130 Å². The third-order valence-electron chi connectivity index (χ3n) is 5.82. The van der Waals surface area contributed by atoms with E-state index in [4.69, 9.17) is 4.74 Å². The number of nitrogens with one attached hydrogen (secondary N) is 1. The van der Waals surface area contributed by atoms with Gasteiger partial charge in [-0.3, -0.25) is 4.90 Å². The average molecular weight is 294 g/mol. The lowest BCUT2D eigenvalue weighted by atomic mass is 9.88. The first-order valence-corrected chi connectivity index (χ1v) is 9.28. The Morgan fingerprint density at radius 3 is 2.67 bits per heavy atom. The van der Waals surface area contributed by atoms with Gasteiger partial charge in [-0.1, -0.05) is 26.7 Å². The van der Waals surface area contributed by atoms with Gasteiger partial charge in [0, 0.05) is 37.8 Å². The number of rotatable bonds is 4. The molecule has 122 valence electrons. The van der Waals surface area contributed by atoms with Crippen LogP contribution >= 0.6 is 0 Å². The summed E-state index contributed by atoms with van der Waals surface area (Å²) < 4.78 is 6.04. The number of ether oxygens (including phenoxy) is 1. The van der Waals surface area contributed by atoms with Gasteiger partial charge in [-0.25, -0.2) is 0 Å². The van der Waals surface area contributed by atoms with E-state index in [0.717, 1.165) is 12.5 Å². The van der Waals surface area contributed by atoms with Crippen molar-refractivity contribution in [3.63, 3.8) is 0 Å². The highest BCUT2D eigenvalue weighted by Crippen LogP contribution is 2.38. The monoisotopic (exact) mass is 294 g/mol. The van der Waals surface area contributed by atoms with Crippen LogP contribution in [0.4, 0.5) is 0 Å². The Kier molecular flexibility index (Phi) is 5.23. The quantitative estimate of drug-likeness (QED) is 0.862. The maximum atomic E-state index is 6.04. The highest BCUT2D eigenvalue weighted by molar-refractivity contribution is 5.02. The SMILES string of the molecule is CC(C)CC1CN(CC2CCCCO2)C2(CCCC2)CN1. The third kappa shape index (κ3) is 3.80. The summed E-state index contributed by atoms with van der Waals surface area (Å²) in [6.45, 7) is 9.29. The summed E-state index contributed by atoms with van der Waals surface area (Å²) in [7, 11) is 0. The second-order valence-corrected chi connectivity index (χ2v) is 8.03. The normalized spacial score (nSPS) is 33.9. The molecule has 0 aromatic rings. The zero-order valence-electron chi connectivity index (χ0n) is 14.1. The van der Waals surface area contributed by atoms with Crippen LogP contribution in [0.15, 0.2) is 0 Å². The number of piperazine rings is 1. The van der Waals surface area contributed by atoms with Gasteiger partial charge < -0.3 is 10.1 Å². The van der Waals surface area contributed by atoms with Crippen LogP contribution in [0.3, 0.4) is 0 Å². The molecule has 3 rings (SSSR count). The Bertz CT molecular complexity index is 319. The van der Waals surface area contributed by atoms with Crippen molar-refractivity contribution < 1.29 is 4.74 Å². The summed E-state index contributed by atoms with van der Waals surface area (Å²) in [5.74, 6) is 0.785. The zero-order valence-corrected chi connectivity index (χ0v) is 14.1. The van der Waals surface area contributed by atoms with E-state index in [-0.39, 0.29) is 0 Å². The fraction of sp³-hybridized carbons (Fsp3) is 1.00. The molecule has 2 saturated heterocycles. The second-order valence-electron chi connectivity index (χ2n) is 8.03. The van der Waals surface area contributed by atoms with E-state index < -0.39 is 0 Å². The van der Waals surface area contributed by atoms with E-state index in [2.05, 4.69) is 24.1 Å². The fourth-order valence-electron chi connectivity index (χ4n) is 4.69. The molecule has 1 spiro atoms. The highest BCUT2D eigenvalue weighted by atomic mass is 16.5. The topological polar surface area (TPSA) is 24.5 Å². The Morgan fingerprint density at radius 1 is 1.19 bits per heavy atom. The molecule has 3 nitrogen and oxygen atoms in total. The molecule has 21 heavy (non-hydrogen) atoms. The van der Waals surface area contributed by atoms with Crippen molar-refractivity contribution in [3.05, 3.63) is 0 Å². The molecule has 0 radical (unpaired) electrons. The summed E-state index contributed by atoms with van der Waals surface area (Å²) >= 11 is 0. The van der Waals surface area contributed by atoms with E-state index in [0.29, 0.717) is 17.7 Å². The van der Waals surface area contributed by atoms with Gasteiger partial charge in [-0.2, -0.15) is 0 Å². The molecule has 3 fully saturated rings. The molecule has 1 saturated carbocycles. The van der Waals surface area contributed by atoms with Crippen LogP contribution in [0.25, 0.3) is 0 Å². The minimum atomic E-state index is 0.453. The van der Waals surface area contributed by atoms with Crippen molar-refractivity contribution in [2.45, 2.75) is 82.9 Å². The minimum Gasteiger partial charge on any atom is -0.377 e. The van der Waals surface area contributed by atoms with Crippen molar-refractivity contribution in [3.8, 4) is 0 Å². The van der Waals surface area contributed by atoms with Gasteiger partial charge in [-0.15, -0.1) is 0 Å². The van der Waals surface area contributed by atoms with Crippen molar-refractivity contribution in [2.75, 3.05) is 26.2 Å². The number of hydrogen-bond donors (Lipinski definition) is 1. The Hall–Kier alpha value is -0.120. The van der Waals surface area contributed by atoms with Gasteiger partial charge >= 0.3 is 0 Å². The Balaban J connectivity index is 1.64. The molecule has 2 atom stereocenters. The molecule has 1 aliphatic carbocycles. The molecule has 2 unspecified atom stereocenters. The van der Waals surface area contributed by atoms with Crippen LogP contribution in [0, 0.1) is 5.92 Å². The molecule has 0 aromatic carbocycles. The predicted molar refractivity (Wildman–Crippen MR) is 87.6 cm³/mol. The lowest BCUT2D eigenvalue weighted by Gasteiger charge is -2.50. The van der Waals surface area contributed by atoms with Crippen molar-refractivity contribution in [1.82, 2.24) is 10.2 Å². The maximum Gasteiger partial charge on any atom is 0.0702 e. The average Bonchev–Trinajstić information content (AvgIpc) is 2.93. The molecular weight excluding hydrogens is 260 g/mol. The van der Waals surface area contributed by atoms with Crippen LogP contribution in [-0.4, -0.2) is 48.8 Å². The van der Waals surface area contributed by atoms with E-state index in [9.17, 15) is 0 Å². The van der Waals surface area contributed by atoms with Crippen LogP contribution in [-0.2, 0) is 4.74 Å². The van der Waals surface area contributed by atoms with E-state index in [1.165, 1.54) is 71.0 Å². The molecular formula is C18H34N2O. The largest absolute Gasteiger partial charge is 0.377 e. The van der Waals surface area contributed by atoms with Gasteiger partial charge in [0.15, 0.2) is 0 Å². The van der Waals surface area contributed by atoms with Crippen LogP contribution in [0.1, 0.15) is 65.2 Å². The molecule has 3 aliphatic rings. The van der Waals surface area contributed by atoms with Crippen LogP contribution in [0.5, 0.6) is 0 Å². The maximum absolute atomic E-state index is 6.04. The summed E-state index contributed by atoms with van der Waals surface area (Å²) in [5.41, 5.74) is 0.453. The summed E-state index contributed by atoms with van der Waals surface area (Å²) in [5, 5.41) is 3.87. The molecule has 0 amide bonds. The third-order valence-corrected chi connectivity index (χ3v) is 5.82. The smallest absolute Gasteiger partial charge is 0.0702 e. The van der Waals surface area contributed by atoms with Gasteiger partial charge in [0.05, 0.1) is 6.10 Å². The molecule has 2 aliphatic heterocycles. The van der Waals surface area contributed by atoms with Gasteiger partial charge in [0.25, 0.3) is 0 Å². The number of hydrogen-bond acceptors (Lipinski definition) is 3. The fourth-order valence-corrected chi connectivity index (χ4v) is 4.69. The van der Waals surface area contributed by atoms with Crippen molar-refractivity contribution in [1.29, 1.82) is 0 Å². The van der Waals surface area contributed by atoms with E-state index >= 15 is 0 Å². The van der Waals surface area contributed by atoms with Gasteiger partial charge in [-0.05, 0) is 44.4 Å². The second kappa shape index (κ2) is 6.97. The first-order chi connectivity index (χ1) is 10.2. The summed E-state index contributed by atoms with van der Waals surface area (Å²) in [4.78, 5) is 2.83. The van der Waals surface area contributed by atoms with Crippen molar-refractivity contribution >= 4 is 0 Å². The zero-order chi connectivity index (χ0) is 14.7. The number of nitrogens with zero attached hydrogens (tertiary/aromatic N) is 1. The Morgan fingerprint density at radius 2 is 2.00 bits per heavy atom. The highest BCUT2D eigenvalue weighted by Gasteiger charge is 2.44.